The number of aromatic nitrogens is 2. The minimum Gasteiger partial charge on any atom is -0.508 e. The Morgan fingerprint density at radius 3 is 3.00 bits per heavy atom. The monoisotopic (exact) mass is 309 g/mol. The molecule has 1 unspecified atom stereocenters. The van der Waals surface area contributed by atoms with Crippen molar-refractivity contribution < 1.29 is 5.11 Å². The molecule has 0 saturated carbocycles. The Balaban J connectivity index is 2.04. The molecule has 3 N–H and O–H groups in total. The van der Waals surface area contributed by atoms with E-state index in [1.54, 1.807) is 12.3 Å². The summed E-state index contributed by atoms with van der Waals surface area (Å²) in [5, 5.41) is 13.1. The second-order valence-electron chi connectivity index (χ2n) is 4.09. The zero-order valence-electron chi connectivity index (χ0n) is 10.2. The first-order valence-electron chi connectivity index (χ1n) is 5.90. The summed E-state index contributed by atoms with van der Waals surface area (Å²) in [6.07, 6.45) is 4.49. The lowest BCUT2D eigenvalue weighted by molar-refractivity contribution is 0.451. The van der Waals surface area contributed by atoms with Gasteiger partial charge in [0, 0.05) is 29.0 Å². The van der Waals surface area contributed by atoms with Crippen LogP contribution in [0.25, 0.3) is 0 Å². The van der Waals surface area contributed by atoms with Crippen molar-refractivity contribution in [2.45, 2.75) is 25.9 Å². The molecule has 1 aromatic heterocycles. The third-order valence-corrected chi connectivity index (χ3v) is 3.33. The maximum atomic E-state index is 9.77. The van der Waals surface area contributed by atoms with Gasteiger partial charge in [-0.05, 0) is 24.6 Å². The highest BCUT2D eigenvalue weighted by Crippen LogP contribution is 2.22. The molecule has 2 aromatic rings. The number of imidazole rings is 1. The molecule has 0 aliphatic carbocycles. The first-order valence-corrected chi connectivity index (χ1v) is 6.70. The molecule has 0 amide bonds. The summed E-state index contributed by atoms with van der Waals surface area (Å²) < 4.78 is 0.961. The average Bonchev–Trinajstić information content (AvgIpc) is 2.88. The standard InChI is InChI=1S/C13H16BrN3O/c1-2-11(13-15-5-6-16-13)17-8-9-7-10(14)3-4-12(9)18/h3-7,11,17-18H,2,8H2,1H3,(H,15,16). The van der Waals surface area contributed by atoms with Crippen molar-refractivity contribution >= 4 is 15.9 Å². The summed E-state index contributed by atoms with van der Waals surface area (Å²) >= 11 is 3.40. The number of rotatable bonds is 5. The van der Waals surface area contributed by atoms with E-state index < -0.39 is 0 Å². The first-order chi connectivity index (χ1) is 8.70. The second kappa shape index (κ2) is 6.02. The van der Waals surface area contributed by atoms with Crippen molar-refractivity contribution in [2.24, 2.45) is 0 Å². The van der Waals surface area contributed by atoms with Gasteiger partial charge in [0.15, 0.2) is 0 Å². The van der Waals surface area contributed by atoms with Crippen LogP contribution in [-0.2, 0) is 6.54 Å². The van der Waals surface area contributed by atoms with Crippen LogP contribution in [0.2, 0.25) is 0 Å². The highest BCUT2D eigenvalue weighted by molar-refractivity contribution is 9.10. The van der Waals surface area contributed by atoms with Gasteiger partial charge < -0.3 is 15.4 Å². The lowest BCUT2D eigenvalue weighted by Crippen LogP contribution is -2.21. The van der Waals surface area contributed by atoms with Crippen molar-refractivity contribution in [2.75, 3.05) is 0 Å². The van der Waals surface area contributed by atoms with Gasteiger partial charge in [-0.1, -0.05) is 22.9 Å². The van der Waals surface area contributed by atoms with Gasteiger partial charge in [0.25, 0.3) is 0 Å². The molecule has 0 fully saturated rings. The van der Waals surface area contributed by atoms with E-state index in [2.05, 4.69) is 38.1 Å². The molecule has 0 bridgehead atoms. The summed E-state index contributed by atoms with van der Waals surface area (Å²) in [7, 11) is 0. The highest BCUT2D eigenvalue weighted by Gasteiger charge is 2.11. The molecule has 0 spiro atoms. The lowest BCUT2D eigenvalue weighted by Gasteiger charge is -2.15. The van der Waals surface area contributed by atoms with Crippen LogP contribution in [0.1, 0.15) is 30.8 Å². The van der Waals surface area contributed by atoms with Crippen LogP contribution in [0.15, 0.2) is 35.1 Å². The molecule has 0 saturated heterocycles. The van der Waals surface area contributed by atoms with Gasteiger partial charge in [-0.25, -0.2) is 4.98 Å². The van der Waals surface area contributed by atoms with E-state index in [1.165, 1.54) is 0 Å². The Kier molecular flexibility index (Phi) is 4.38. The fraction of sp³-hybridized carbons (Fsp3) is 0.308. The number of nitrogens with one attached hydrogen (secondary N) is 2. The predicted molar refractivity (Wildman–Crippen MR) is 74.3 cm³/mol. The molecule has 2 rings (SSSR count). The van der Waals surface area contributed by atoms with Crippen LogP contribution in [-0.4, -0.2) is 15.1 Å². The minimum absolute atomic E-state index is 0.165. The minimum atomic E-state index is 0.165. The molecule has 1 aromatic carbocycles. The second-order valence-corrected chi connectivity index (χ2v) is 5.00. The van der Waals surface area contributed by atoms with Crippen LogP contribution in [0.5, 0.6) is 5.75 Å². The number of nitrogens with zero attached hydrogens (tertiary/aromatic N) is 1. The van der Waals surface area contributed by atoms with Crippen LogP contribution in [0.3, 0.4) is 0 Å². The van der Waals surface area contributed by atoms with E-state index >= 15 is 0 Å². The third-order valence-electron chi connectivity index (χ3n) is 2.84. The number of H-pyrrole nitrogens is 1. The quantitative estimate of drug-likeness (QED) is 0.795. The van der Waals surface area contributed by atoms with Crippen LogP contribution >= 0.6 is 15.9 Å². The van der Waals surface area contributed by atoms with E-state index in [9.17, 15) is 5.11 Å². The van der Waals surface area contributed by atoms with Gasteiger partial charge in [0.2, 0.25) is 0 Å². The number of benzene rings is 1. The Bertz CT molecular complexity index is 499. The molecule has 96 valence electrons. The number of phenolic OH excluding ortho intramolecular Hbond substituents is 1. The van der Waals surface area contributed by atoms with Gasteiger partial charge in [-0.2, -0.15) is 0 Å². The van der Waals surface area contributed by atoms with Crippen LogP contribution in [0, 0.1) is 0 Å². The van der Waals surface area contributed by atoms with Gasteiger partial charge in [-0.15, -0.1) is 0 Å². The van der Waals surface area contributed by atoms with Gasteiger partial charge in [0.05, 0.1) is 6.04 Å². The SMILES string of the molecule is CCC(NCc1cc(Br)ccc1O)c1ncc[nH]1. The Morgan fingerprint density at radius 1 is 1.50 bits per heavy atom. The van der Waals surface area contributed by atoms with E-state index in [1.807, 2.05) is 18.3 Å². The van der Waals surface area contributed by atoms with Gasteiger partial charge in [-0.3, -0.25) is 0 Å². The van der Waals surface area contributed by atoms with Gasteiger partial charge in [0.1, 0.15) is 11.6 Å². The maximum absolute atomic E-state index is 9.77. The fourth-order valence-corrected chi connectivity index (χ4v) is 2.24. The summed E-state index contributed by atoms with van der Waals surface area (Å²) in [5.41, 5.74) is 0.870. The molecule has 0 aliphatic rings. The number of hydrogen-bond acceptors (Lipinski definition) is 3. The number of halogens is 1. The molecule has 1 atom stereocenters. The predicted octanol–water partition coefficient (Wildman–Crippen LogP) is 3.12. The highest BCUT2D eigenvalue weighted by atomic mass is 79.9. The van der Waals surface area contributed by atoms with Gasteiger partial charge >= 0.3 is 0 Å². The molecule has 0 aliphatic heterocycles. The maximum Gasteiger partial charge on any atom is 0.123 e. The van der Waals surface area contributed by atoms with Crippen molar-refractivity contribution in [3.63, 3.8) is 0 Å². The Labute approximate surface area is 115 Å². The normalized spacial score (nSPS) is 12.6. The smallest absolute Gasteiger partial charge is 0.123 e. The fourth-order valence-electron chi connectivity index (χ4n) is 1.83. The summed E-state index contributed by atoms with van der Waals surface area (Å²) in [5.74, 6) is 1.23. The van der Waals surface area contributed by atoms with Crippen molar-refractivity contribution in [3.8, 4) is 5.75 Å². The topological polar surface area (TPSA) is 60.9 Å². The number of hydrogen-bond donors (Lipinski definition) is 3. The molecule has 0 radical (unpaired) electrons. The number of aromatic amines is 1. The largest absolute Gasteiger partial charge is 0.508 e. The van der Waals surface area contributed by atoms with Crippen molar-refractivity contribution in [1.82, 2.24) is 15.3 Å². The zero-order chi connectivity index (χ0) is 13.0. The number of aromatic hydroxyl groups is 1. The lowest BCUT2D eigenvalue weighted by atomic mass is 10.1. The molecule has 18 heavy (non-hydrogen) atoms. The molecular weight excluding hydrogens is 294 g/mol. The van der Waals surface area contributed by atoms with Crippen LogP contribution in [0.4, 0.5) is 0 Å². The average molecular weight is 310 g/mol. The zero-order valence-corrected chi connectivity index (χ0v) is 11.7. The summed E-state index contributed by atoms with van der Waals surface area (Å²) in [6.45, 7) is 2.70. The van der Waals surface area contributed by atoms with Crippen LogP contribution < -0.4 is 5.32 Å². The molecular formula is C13H16BrN3O. The van der Waals surface area contributed by atoms with E-state index in [0.717, 1.165) is 22.3 Å². The summed E-state index contributed by atoms with van der Waals surface area (Å²) in [4.78, 5) is 7.35. The molecule has 5 heteroatoms. The first kappa shape index (κ1) is 13.1. The molecule has 1 heterocycles. The summed E-state index contributed by atoms with van der Waals surface area (Å²) in [6, 6.07) is 5.59. The van der Waals surface area contributed by atoms with Crippen molar-refractivity contribution in [3.05, 3.63) is 46.5 Å². The van der Waals surface area contributed by atoms with E-state index in [4.69, 9.17) is 0 Å². The Hall–Kier alpha value is -1.33. The van der Waals surface area contributed by atoms with Crippen molar-refractivity contribution in [1.29, 1.82) is 0 Å². The Morgan fingerprint density at radius 2 is 2.33 bits per heavy atom. The van der Waals surface area contributed by atoms with E-state index in [0.29, 0.717) is 12.3 Å². The number of phenols is 1. The van der Waals surface area contributed by atoms with E-state index in [-0.39, 0.29) is 6.04 Å². The molecule has 4 nitrogen and oxygen atoms in total. The third kappa shape index (κ3) is 3.11.